The lowest BCUT2D eigenvalue weighted by Crippen LogP contribution is -2.24. The van der Waals surface area contributed by atoms with E-state index in [9.17, 15) is 0 Å². The van der Waals surface area contributed by atoms with Gasteiger partial charge in [-0.3, -0.25) is 0 Å². The van der Waals surface area contributed by atoms with Crippen molar-refractivity contribution in [2.24, 2.45) is 0 Å². The summed E-state index contributed by atoms with van der Waals surface area (Å²) in [5.41, 5.74) is 5.57. The largest absolute Gasteiger partial charge is 0.384 e. The molecule has 0 saturated heterocycles. The Labute approximate surface area is 78.8 Å². The summed E-state index contributed by atoms with van der Waals surface area (Å²) < 4.78 is 0. The van der Waals surface area contributed by atoms with Gasteiger partial charge in [-0.25, -0.2) is 9.97 Å². The van der Waals surface area contributed by atoms with E-state index >= 15 is 0 Å². The average molecular weight is 180 g/mol. The maximum absolute atomic E-state index is 5.57. The molecule has 1 aromatic rings. The SMILES string of the molecule is CCCN(CC)c1cc(N)ncn1. The molecule has 13 heavy (non-hydrogen) atoms. The van der Waals surface area contributed by atoms with E-state index < -0.39 is 0 Å². The van der Waals surface area contributed by atoms with Crippen LogP contribution in [0.4, 0.5) is 11.6 Å². The van der Waals surface area contributed by atoms with E-state index in [2.05, 4.69) is 28.7 Å². The van der Waals surface area contributed by atoms with E-state index in [-0.39, 0.29) is 0 Å². The van der Waals surface area contributed by atoms with Crippen LogP contribution in [-0.2, 0) is 0 Å². The highest BCUT2D eigenvalue weighted by atomic mass is 15.2. The molecule has 0 saturated carbocycles. The van der Waals surface area contributed by atoms with Crippen LogP contribution >= 0.6 is 0 Å². The zero-order valence-corrected chi connectivity index (χ0v) is 8.20. The Kier molecular flexibility index (Phi) is 3.49. The van der Waals surface area contributed by atoms with Crippen molar-refractivity contribution in [3.05, 3.63) is 12.4 Å². The summed E-state index contributed by atoms with van der Waals surface area (Å²) in [5, 5.41) is 0. The minimum Gasteiger partial charge on any atom is -0.384 e. The van der Waals surface area contributed by atoms with E-state index in [1.54, 1.807) is 6.07 Å². The number of hydrogen-bond donors (Lipinski definition) is 1. The molecule has 0 aliphatic heterocycles. The van der Waals surface area contributed by atoms with Crippen molar-refractivity contribution in [1.82, 2.24) is 9.97 Å². The molecule has 0 radical (unpaired) electrons. The molecular weight excluding hydrogens is 164 g/mol. The minimum absolute atomic E-state index is 0.527. The third-order valence-electron chi connectivity index (χ3n) is 1.87. The highest BCUT2D eigenvalue weighted by Gasteiger charge is 2.03. The van der Waals surface area contributed by atoms with Crippen LogP contribution in [0, 0.1) is 0 Å². The number of rotatable bonds is 4. The van der Waals surface area contributed by atoms with Gasteiger partial charge in [0.2, 0.25) is 0 Å². The molecule has 72 valence electrons. The number of nitrogens with two attached hydrogens (primary N) is 1. The van der Waals surface area contributed by atoms with Gasteiger partial charge < -0.3 is 10.6 Å². The number of nitrogen functional groups attached to an aromatic ring is 1. The topological polar surface area (TPSA) is 55.0 Å². The Morgan fingerprint density at radius 2 is 2.15 bits per heavy atom. The molecule has 4 nitrogen and oxygen atoms in total. The van der Waals surface area contributed by atoms with Crippen molar-refractivity contribution >= 4 is 11.6 Å². The number of anilines is 2. The van der Waals surface area contributed by atoms with Crippen molar-refractivity contribution in [1.29, 1.82) is 0 Å². The first-order valence-corrected chi connectivity index (χ1v) is 4.60. The van der Waals surface area contributed by atoms with Crippen LogP contribution in [0.3, 0.4) is 0 Å². The van der Waals surface area contributed by atoms with Crippen LogP contribution in [0.5, 0.6) is 0 Å². The Morgan fingerprint density at radius 1 is 1.38 bits per heavy atom. The lowest BCUT2D eigenvalue weighted by atomic mass is 10.4. The van der Waals surface area contributed by atoms with Gasteiger partial charge in [-0.05, 0) is 13.3 Å². The first kappa shape index (κ1) is 9.77. The summed E-state index contributed by atoms with van der Waals surface area (Å²) in [6.45, 7) is 6.21. The lowest BCUT2D eigenvalue weighted by Gasteiger charge is -2.20. The molecule has 0 aliphatic carbocycles. The van der Waals surface area contributed by atoms with E-state index in [4.69, 9.17) is 5.73 Å². The summed E-state index contributed by atoms with van der Waals surface area (Å²) in [5.74, 6) is 1.44. The predicted molar refractivity (Wildman–Crippen MR) is 54.6 cm³/mol. The molecule has 0 amide bonds. The van der Waals surface area contributed by atoms with Gasteiger partial charge in [0.15, 0.2) is 0 Å². The monoisotopic (exact) mass is 180 g/mol. The van der Waals surface area contributed by atoms with Crippen molar-refractivity contribution < 1.29 is 0 Å². The van der Waals surface area contributed by atoms with Crippen molar-refractivity contribution in [2.75, 3.05) is 23.7 Å². The summed E-state index contributed by atoms with van der Waals surface area (Å²) in [6, 6.07) is 1.80. The Bertz CT molecular complexity index is 262. The predicted octanol–water partition coefficient (Wildman–Crippen LogP) is 1.30. The first-order valence-electron chi connectivity index (χ1n) is 4.60. The number of nitrogens with zero attached hydrogens (tertiary/aromatic N) is 3. The van der Waals surface area contributed by atoms with E-state index in [0.29, 0.717) is 5.82 Å². The van der Waals surface area contributed by atoms with Crippen molar-refractivity contribution in [2.45, 2.75) is 20.3 Å². The Morgan fingerprint density at radius 3 is 2.69 bits per heavy atom. The molecule has 0 atom stereocenters. The van der Waals surface area contributed by atoms with E-state index in [0.717, 1.165) is 25.3 Å². The average Bonchev–Trinajstić information content (AvgIpc) is 2.14. The molecule has 1 rings (SSSR count). The maximum atomic E-state index is 5.57. The molecule has 4 heteroatoms. The molecule has 0 fully saturated rings. The molecule has 0 unspecified atom stereocenters. The zero-order valence-electron chi connectivity index (χ0n) is 8.20. The van der Waals surface area contributed by atoms with Gasteiger partial charge in [-0.1, -0.05) is 6.92 Å². The second-order valence-electron chi connectivity index (χ2n) is 2.88. The van der Waals surface area contributed by atoms with Crippen LogP contribution in [0.25, 0.3) is 0 Å². The highest BCUT2D eigenvalue weighted by Crippen LogP contribution is 2.11. The normalized spacial score (nSPS) is 10.0. The summed E-state index contributed by atoms with van der Waals surface area (Å²) in [7, 11) is 0. The van der Waals surface area contributed by atoms with Crippen LogP contribution in [0.15, 0.2) is 12.4 Å². The van der Waals surface area contributed by atoms with E-state index in [1.807, 2.05) is 0 Å². The third kappa shape index (κ3) is 2.57. The van der Waals surface area contributed by atoms with Crippen molar-refractivity contribution in [3.8, 4) is 0 Å². The summed E-state index contributed by atoms with van der Waals surface area (Å²) in [6.07, 6.45) is 2.61. The molecule has 1 heterocycles. The molecule has 1 aromatic heterocycles. The smallest absolute Gasteiger partial charge is 0.134 e. The fourth-order valence-corrected chi connectivity index (χ4v) is 1.24. The molecule has 0 bridgehead atoms. The molecule has 0 spiro atoms. The van der Waals surface area contributed by atoms with Gasteiger partial charge in [0.1, 0.15) is 18.0 Å². The Balaban J connectivity index is 2.78. The molecule has 0 aliphatic rings. The number of aromatic nitrogens is 2. The third-order valence-corrected chi connectivity index (χ3v) is 1.87. The first-order chi connectivity index (χ1) is 6.27. The van der Waals surface area contributed by atoms with Crippen LogP contribution in [0.2, 0.25) is 0 Å². The fraction of sp³-hybridized carbons (Fsp3) is 0.556. The molecule has 2 N–H and O–H groups in total. The second-order valence-corrected chi connectivity index (χ2v) is 2.88. The standard InChI is InChI=1S/C9H16N4/c1-3-5-13(4-2)9-6-8(10)11-7-12-9/h6-7H,3-5H2,1-2H3,(H2,10,11,12). The second kappa shape index (κ2) is 4.64. The zero-order chi connectivity index (χ0) is 9.68. The van der Waals surface area contributed by atoms with Gasteiger partial charge in [-0.2, -0.15) is 0 Å². The molecule has 0 aromatic carbocycles. The Hall–Kier alpha value is -1.32. The van der Waals surface area contributed by atoms with E-state index in [1.165, 1.54) is 6.33 Å². The van der Waals surface area contributed by atoms with Gasteiger partial charge >= 0.3 is 0 Å². The van der Waals surface area contributed by atoms with Gasteiger partial charge in [0.25, 0.3) is 0 Å². The summed E-state index contributed by atoms with van der Waals surface area (Å²) in [4.78, 5) is 10.2. The maximum Gasteiger partial charge on any atom is 0.134 e. The lowest BCUT2D eigenvalue weighted by molar-refractivity contribution is 0.777. The number of hydrogen-bond acceptors (Lipinski definition) is 4. The van der Waals surface area contributed by atoms with Crippen LogP contribution < -0.4 is 10.6 Å². The van der Waals surface area contributed by atoms with Gasteiger partial charge in [0.05, 0.1) is 0 Å². The van der Waals surface area contributed by atoms with Gasteiger partial charge in [-0.15, -0.1) is 0 Å². The summed E-state index contributed by atoms with van der Waals surface area (Å²) >= 11 is 0. The quantitative estimate of drug-likeness (QED) is 0.758. The fourth-order valence-electron chi connectivity index (χ4n) is 1.24. The minimum atomic E-state index is 0.527. The highest BCUT2D eigenvalue weighted by molar-refractivity contribution is 5.45. The van der Waals surface area contributed by atoms with Crippen molar-refractivity contribution in [3.63, 3.8) is 0 Å². The van der Waals surface area contributed by atoms with Crippen LogP contribution in [0.1, 0.15) is 20.3 Å². The van der Waals surface area contributed by atoms with Gasteiger partial charge in [0, 0.05) is 19.2 Å². The molecular formula is C9H16N4. The van der Waals surface area contributed by atoms with Crippen LogP contribution in [-0.4, -0.2) is 23.1 Å².